The number of anilines is 1. The minimum Gasteiger partial charge on any atom is -0.481 e. The number of benzene rings is 1. The fourth-order valence-corrected chi connectivity index (χ4v) is 4.39. The zero-order chi connectivity index (χ0) is 19.6. The zero-order valence-electron chi connectivity index (χ0n) is 14.2. The van der Waals surface area contributed by atoms with Crippen molar-refractivity contribution < 1.29 is 21.9 Å². The Morgan fingerprint density at radius 3 is 2.78 bits per heavy atom. The molecular weight excluding hydrogens is 400 g/mol. The molecule has 0 atom stereocenters. The van der Waals surface area contributed by atoms with E-state index in [-0.39, 0.29) is 47.3 Å². The summed E-state index contributed by atoms with van der Waals surface area (Å²) in [4.78, 5) is 8.19. The van der Waals surface area contributed by atoms with Crippen molar-refractivity contribution in [3.05, 3.63) is 41.5 Å². The van der Waals surface area contributed by atoms with Crippen LogP contribution in [0.3, 0.4) is 0 Å². The van der Waals surface area contributed by atoms with Gasteiger partial charge in [0.25, 0.3) is 0 Å². The Hall–Kier alpha value is -2.02. The first-order valence-electron chi connectivity index (χ1n) is 7.80. The fourth-order valence-electron chi connectivity index (χ4n) is 2.29. The van der Waals surface area contributed by atoms with E-state index < -0.39 is 21.8 Å². The zero-order valence-corrected chi connectivity index (χ0v) is 15.9. The van der Waals surface area contributed by atoms with E-state index in [4.69, 9.17) is 10.5 Å². The number of thioether (sulfide) groups is 1. The molecule has 0 saturated carbocycles. The summed E-state index contributed by atoms with van der Waals surface area (Å²) in [6, 6.07) is 5.01. The van der Waals surface area contributed by atoms with Gasteiger partial charge in [-0.25, -0.2) is 13.8 Å². The number of nitrogens with one attached hydrogen (secondary N) is 1. The molecule has 1 aromatic heterocycles. The van der Waals surface area contributed by atoms with Gasteiger partial charge in [0.15, 0.2) is 16.8 Å². The summed E-state index contributed by atoms with van der Waals surface area (Å²) in [6.45, 7) is 0.440. The predicted molar refractivity (Wildman–Crippen MR) is 96.6 cm³/mol. The molecule has 8 nitrogen and oxygen atoms in total. The molecule has 0 amide bonds. The van der Waals surface area contributed by atoms with Crippen LogP contribution in [0, 0.1) is 11.6 Å². The SMILES string of the molecule is COc1cc(NS(=O)(=O)N2CC(N)C2)nc(SCc2cccc(F)c2F)n1. The number of halogens is 2. The van der Waals surface area contributed by atoms with Gasteiger partial charge in [-0.05, 0) is 6.07 Å². The molecule has 1 saturated heterocycles. The Morgan fingerprint density at radius 2 is 2.11 bits per heavy atom. The largest absolute Gasteiger partial charge is 0.481 e. The van der Waals surface area contributed by atoms with Crippen LogP contribution >= 0.6 is 11.8 Å². The van der Waals surface area contributed by atoms with Crippen molar-refractivity contribution in [3.8, 4) is 5.88 Å². The van der Waals surface area contributed by atoms with Gasteiger partial charge in [0.2, 0.25) is 5.88 Å². The molecule has 0 unspecified atom stereocenters. The van der Waals surface area contributed by atoms with Gasteiger partial charge in [0.1, 0.15) is 5.82 Å². The molecule has 1 aliphatic rings. The molecule has 1 aromatic carbocycles. The molecular formula is C15H17F2N5O3S2. The van der Waals surface area contributed by atoms with Crippen LogP contribution in [0.25, 0.3) is 0 Å². The standard InChI is InChI=1S/C15H17F2N5O3S2/c1-25-13-5-12(21-27(23,24)22-6-10(18)7-22)19-15(20-13)26-8-9-3-2-4-11(16)14(9)17/h2-5,10H,6-8,18H2,1H3,(H,19,20,21). The van der Waals surface area contributed by atoms with E-state index in [0.29, 0.717) is 0 Å². The third-order valence-corrected chi connectivity index (χ3v) is 6.07. The summed E-state index contributed by atoms with van der Waals surface area (Å²) in [5.74, 6) is -1.69. The van der Waals surface area contributed by atoms with Crippen molar-refractivity contribution in [1.29, 1.82) is 0 Å². The highest BCUT2D eigenvalue weighted by molar-refractivity contribution is 7.98. The lowest BCUT2D eigenvalue weighted by atomic mass is 10.2. The summed E-state index contributed by atoms with van der Waals surface area (Å²) in [5, 5.41) is 0.149. The van der Waals surface area contributed by atoms with Crippen molar-refractivity contribution in [3.63, 3.8) is 0 Å². The van der Waals surface area contributed by atoms with Gasteiger partial charge in [-0.3, -0.25) is 4.72 Å². The van der Waals surface area contributed by atoms with Gasteiger partial charge in [-0.2, -0.15) is 17.7 Å². The maximum atomic E-state index is 13.8. The molecule has 0 aliphatic carbocycles. The van der Waals surface area contributed by atoms with E-state index in [1.54, 1.807) is 0 Å². The van der Waals surface area contributed by atoms with Crippen LogP contribution in [-0.2, 0) is 16.0 Å². The van der Waals surface area contributed by atoms with E-state index in [0.717, 1.165) is 17.8 Å². The lowest BCUT2D eigenvalue weighted by Gasteiger charge is -2.35. The Bertz CT molecular complexity index is 939. The normalized spacial score (nSPS) is 15.4. The monoisotopic (exact) mass is 417 g/mol. The lowest BCUT2D eigenvalue weighted by molar-refractivity contribution is 0.267. The highest BCUT2D eigenvalue weighted by Gasteiger charge is 2.33. The van der Waals surface area contributed by atoms with Crippen LogP contribution in [-0.4, -0.2) is 48.9 Å². The number of aromatic nitrogens is 2. The first kappa shape index (κ1) is 19.7. The molecule has 1 aliphatic heterocycles. The molecule has 0 spiro atoms. The molecule has 3 N–H and O–H groups in total. The number of nitrogens with zero attached hydrogens (tertiary/aromatic N) is 3. The highest BCUT2D eigenvalue weighted by atomic mass is 32.2. The number of methoxy groups -OCH3 is 1. The van der Waals surface area contributed by atoms with Crippen molar-refractivity contribution in [2.24, 2.45) is 5.73 Å². The second kappa shape index (κ2) is 7.92. The Balaban J connectivity index is 1.76. The minimum atomic E-state index is -3.79. The smallest absolute Gasteiger partial charge is 0.302 e. The molecule has 1 fully saturated rings. The summed E-state index contributed by atoms with van der Waals surface area (Å²) >= 11 is 1.02. The fraction of sp³-hybridized carbons (Fsp3) is 0.333. The van der Waals surface area contributed by atoms with E-state index in [1.807, 2.05) is 0 Å². The van der Waals surface area contributed by atoms with E-state index in [9.17, 15) is 17.2 Å². The molecule has 12 heteroatoms. The van der Waals surface area contributed by atoms with Crippen LogP contribution in [0.15, 0.2) is 29.4 Å². The van der Waals surface area contributed by atoms with Crippen molar-refractivity contribution in [1.82, 2.24) is 14.3 Å². The van der Waals surface area contributed by atoms with Crippen LogP contribution in [0.5, 0.6) is 5.88 Å². The van der Waals surface area contributed by atoms with Gasteiger partial charge in [-0.15, -0.1) is 0 Å². The van der Waals surface area contributed by atoms with Crippen LogP contribution in [0.2, 0.25) is 0 Å². The molecule has 0 radical (unpaired) electrons. The van der Waals surface area contributed by atoms with E-state index >= 15 is 0 Å². The van der Waals surface area contributed by atoms with Crippen LogP contribution in [0.1, 0.15) is 5.56 Å². The first-order valence-corrected chi connectivity index (χ1v) is 10.2. The third kappa shape index (κ3) is 4.64. The number of hydrogen-bond acceptors (Lipinski definition) is 7. The van der Waals surface area contributed by atoms with E-state index in [1.165, 1.54) is 29.6 Å². The van der Waals surface area contributed by atoms with Crippen LogP contribution in [0.4, 0.5) is 14.6 Å². The molecule has 2 aromatic rings. The molecule has 3 rings (SSSR count). The lowest BCUT2D eigenvalue weighted by Crippen LogP contribution is -2.59. The first-order chi connectivity index (χ1) is 12.8. The number of hydrogen-bond donors (Lipinski definition) is 2. The van der Waals surface area contributed by atoms with Gasteiger partial charge in [0, 0.05) is 36.5 Å². The van der Waals surface area contributed by atoms with Gasteiger partial charge >= 0.3 is 10.2 Å². The molecule has 146 valence electrons. The minimum absolute atomic E-state index is 0.00420. The number of ether oxygens (including phenoxy) is 1. The third-order valence-electron chi connectivity index (χ3n) is 3.73. The summed E-state index contributed by atoms with van der Waals surface area (Å²) in [7, 11) is -2.42. The Morgan fingerprint density at radius 1 is 1.37 bits per heavy atom. The van der Waals surface area contributed by atoms with Gasteiger partial charge < -0.3 is 10.5 Å². The molecule has 27 heavy (non-hydrogen) atoms. The summed E-state index contributed by atoms with van der Waals surface area (Å²) in [5.41, 5.74) is 5.75. The summed E-state index contributed by atoms with van der Waals surface area (Å²) < 4.78 is 60.1. The van der Waals surface area contributed by atoms with Crippen molar-refractivity contribution in [2.75, 3.05) is 24.9 Å². The highest BCUT2D eigenvalue weighted by Crippen LogP contribution is 2.26. The van der Waals surface area contributed by atoms with Crippen LogP contribution < -0.4 is 15.2 Å². The maximum Gasteiger partial charge on any atom is 0.302 e. The Kier molecular flexibility index (Phi) is 5.79. The molecule has 0 bridgehead atoms. The van der Waals surface area contributed by atoms with E-state index in [2.05, 4.69) is 14.7 Å². The average molecular weight is 417 g/mol. The summed E-state index contributed by atoms with van der Waals surface area (Å²) in [6.07, 6.45) is 0. The van der Waals surface area contributed by atoms with Crippen molar-refractivity contribution >= 4 is 27.8 Å². The topological polar surface area (TPSA) is 110 Å². The number of rotatable bonds is 7. The Labute approximate surface area is 159 Å². The van der Waals surface area contributed by atoms with Gasteiger partial charge in [-0.1, -0.05) is 23.9 Å². The quantitative estimate of drug-likeness (QED) is 0.517. The molecule has 2 heterocycles. The van der Waals surface area contributed by atoms with Crippen molar-refractivity contribution in [2.45, 2.75) is 17.0 Å². The van der Waals surface area contributed by atoms with Gasteiger partial charge in [0.05, 0.1) is 7.11 Å². The maximum absolute atomic E-state index is 13.8. The second-order valence-electron chi connectivity index (χ2n) is 5.76. The predicted octanol–water partition coefficient (Wildman–Crippen LogP) is 1.36. The second-order valence-corrected chi connectivity index (χ2v) is 8.38. The number of nitrogens with two attached hydrogens (primary N) is 1. The average Bonchev–Trinajstić information content (AvgIpc) is 2.59.